The maximum atomic E-state index is 12.0. The van der Waals surface area contributed by atoms with Crippen molar-refractivity contribution >= 4 is 17.5 Å². The summed E-state index contributed by atoms with van der Waals surface area (Å²) >= 11 is 0. The number of hydrogen-bond acceptors (Lipinski definition) is 4. The van der Waals surface area contributed by atoms with Crippen LogP contribution in [0.4, 0.5) is 5.69 Å². The second kappa shape index (κ2) is 6.27. The maximum absolute atomic E-state index is 12.0. The molecule has 0 aliphatic carbocycles. The maximum Gasteiger partial charge on any atom is 0.260 e. The number of carbonyl (C=O) groups is 2. The van der Waals surface area contributed by atoms with Crippen molar-refractivity contribution in [2.45, 2.75) is 19.4 Å². The Kier molecular flexibility index (Phi) is 4.45. The van der Waals surface area contributed by atoms with Crippen LogP contribution < -0.4 is 15.8 Å². The molecule has 108 valence electrons. The first-order valence-electron chi connectivity index (χ1n) is 6.58. The lowest BCUT2D eigenvalue weighted by molar-refractivity contribution is -0.132. The smallest absolute Gasteiger partial charge is 0.260 e. The van der Waals surface area contributed by atoms with E-state index in [2.05, 4.69) is 5.32 Å². The lowest BCUT2D eigenvalue weighted by Crippen LogP contribution is -2.38. The molecule has 20 heavy (non-hydrogen) atoms. The van der Waals surface area contributed by atoms with Gasteiger partial charge in [-0.15, -0.1) is 0 Å². The number of amides is 2. The molecule has 1 atom stereocenters. The fraction of sp³-hybridized carbons (Fsp3) is 0.429. The van der Waals surface area contributed by atoms with Gasteiger partial charge in [-0.25, -0.2) is 0 Å². The summed E-state index contributed by atoms with van der Waals surface area (Å²) in [7, 11) is 0. The highest BCUT2D eigenvalue weighted by Gasteiger charge is 2.26. The van der Waals surface area contributed by atoms with E-state index in [0.29, 0.717) is 24.5 Å². The van der Waals surface area contributed by atoms with Crippen molar-refractivity contribution in [1.29, 1.82) is 0 Å². The molecule has 0 bridgehead atoms. The van der Waals surface area contributed by atoms with Crippen LogP contribution in [0, 0.1) is 0 Å². The number of nitrogens with two attached hydrogens (primary N) is 1. The molecule has 1 aliphatic heterocycles. The lowest BCUT2D eigenvalue weighted by Gasteiger charge is -2.17. The van der Waals surface area contributed by atoms with Crippen LogP contribution in [0.1, 0.15) is 13.3 Å². The number of carbonyl (C=O) groups excluding carboxylic acids is 2. The van der Waals surface area contributed by atoms with Crippen LogP contribution in [-0.2, 0) is 9.59 Å². The Bertz CT molecular complexity index is 504. The molecule has 1 unspecified atom stereocenters. The largest absolute Gasteiger partial charge is 0.484 e. The zero-order valence-corrected chi connectivity index (χ0v) is 11.5. The standard InChI is InChI=1S/C14H19N3O3/c1-10(18)16-12-5-6-17(8-12)14(19)9-20-13-4-2-3-11(15)7-13/h2-4,7,12H,5-6,8-9,15H2,1H3,(H,16,18). The molecule has 3 N–H and O–H groups in total. The van der Waals surface area contributed by atoms with Gasteiger partial charge >= 0.3 is 0 Å². The number of likely N-dealkylation sites (tertiary alicyclic amines) is 1. The highest BCUT2D eigenvalue weighted by molar-refractivity contribution is 5.78. The SMILES string of the molecule is CC(=O)NC1CCN(C(=O)COc2cccc(N)c2)C1. The zero-order chi connectivity index (χ0) is 14.5. The van der Waals surface area contributed by atoms with Crippen molar-refractivity contribution < 1.29 is 14.3 Å². The van der Waals surface area contributed by atoms with E-state index in [1.165, 1.54) is 6.92 Å². The predicted molar refractivity (Wildman–Crippen MR) is 75.2 cm³/mol. The summed E-state index contributed by atoms with van der Waals surface area (Å²) in [6.07, 6.45) is 0.781. The molecule has 0 saturated carbocycles. The van der Waals surface area contributed by atoms with Crippen molar-refractivity contribution in [3.63, 3.8) is 0 Å². The summed E-state index contributed by atoms with van der Waals surface area (Å²) in [5.41, 5.74) is 6.24. The average molecular weight is 277 g/mol. The van der Waals surface area contributed by atoms with Crippen molar-refractivity contribution in [2.75, 3.05) is 25.4 Å². The summed E-state index contributed by atoms with van der Waals surface area (Å²) in [6.45, 7) is 2.65. The first-order chi connectivity index (χ1) is 9.54. The summed E-state index contributed by atoms with van der Waals surface area (Å²) in [5, 5.41) is 2.82. The molecule has 6 heteroatoms. The molecule has 1 saturated heterocycles. The van der Waals surface area contributed by atoms with Crippen molar-refractivity contribution in [3.8, 4) is 5.75 Å². The van der Waals surface area contributed by atoms with E-state index in [4.69, 9.17) is 10.5 Å². The normalized spacial score (nSPS) is 17.9. The highest BCUT2D eigenvalue weighted by Crippen LogP contribution is 2.15. The van der Waals surface area contributed by atoms with Crippen LogP contribution in [0.5, 0.6) is 5.75 Å². The minimum atomic E-state index is -0.0831. The van der Waals surface area contributed by atoms with Gasteiger partial charge in [-0.1, -0.05) is 6.07 Å². The minimum Gasteiger partial charge on any atom is -0.484 e. The minimum absolute atomic E-state index is 0.0176. The number of rotatable bonds is 4. The van der Waals surface area contributed by atoms with E-state index in [1.54, 1.807) is 29.2 Å². The lowest BCUT2D eigenvalue weighted by atomic mass is 10.3. The van der Waals surface area contributed by atoms with E-state index in [0.717, 1.165) is 6.42 Å². The summed E-state index contributed by atoms with van der Waals surface area (Å²) in [6, 6.07) is 7.01. The molecule has 6 nitrogen and oxygen atoms in total. The summed E-state index contributed by atoms with van der Waals surface area (Å²) in [4.78, 5) is 24.7. The van der Waals surface area contributed by atoms with Crippen molar-refractivity contribution in [3.05, 3.63) is 24.3 Å². The van der Waals surface area contributed by atoms with E-state index in [-0.39, 0.29) is 24.5 Å². The number of nitrogen functional groups attached to an aromatic ring is 1. The number of nitrogens with zero attached hydrogens (tertiary/aromatic N) is 1. The molecule has 1 heterocycles. The molecule has 2 rings (SSSR count). The Hall–Kier alpha value is -2.24. The van der Waals surface area contributed by atoms with Crippen LogP contribution in [0.3, 0.4) is 0 Å². The Morgan fingerprint density at radius 1 is 1.50 bits per heavy atom. The van der Waals surface area contributed by atoms with Gasteiger partial charge < -0.3 is 20.7 Å². The van der Waals surface area contributed by atoms with E-state index < -0.39 is 0 Å². The van der Waals surface area contributed by atoms with Gasteiger partial charge in [0.25, 0.3) is 5.91 Å². The second-order valence-corrected chi connectivity index (χ2v) is 4.89. The van der Waals surface area contributed by atoms with Crippen molar-refractivity contribution in [1.82, 2.24) is 10.2 Å². The van der Waals surface area contributed by atoms with E-state index in [9.17, 15) is 9.59 Å². The second-order valence-electron chi connectivity index (χ2n) is 4.89. The van der Waals surface area contributed by atoms with Gasteiger partial charge in [-0.2, -0.15) is 0 Å². The molecule has 1 aliphatic rings. The number of ether oxygens (including phenoxy) is 1. The Labute approximate surface area is 117 Å². The van der Waals surface area contributed by atoms with Gasteiger partial charge in [0, 0.05) is 37.8 Å². The van der Waals surface area contributed by atoms with E-state index >= 15 is 0 Å². The number of anilines is 1. The van der Waals surface area contributed by atoms with E-state index in [1.807, 2.05) is 0 Å². The van der Waals surface area contributed by atoms with Gasteiger partial charge in [-0.3, -0.25) is 9.59 Å². The third-order valence-corrected chi connectivity index (χ3v) is 3.17. The molecular weight excluding hydrogens is 258 g/mol. The monoisotopic (exact) mass is 277 g/mol. The zero-order valence-electron chi connectivity index (χ0n) is 11.5. The highest BCUT2D eigenvalue weighted by atomic mass is 16.5. The average Bonchev–Trinajstić information content (AvgIpc) is 2.84. The number of hydrogen-bond donors (Lipinski definition) is 2. The van der Waals surface area contributed by atoms with Gasteiger partial charge in [0.15, 0.2) is 6.61 Å². The quantitative estimate of drug-likeness (QED) is 0.779. The molecule has 0 spiro atoms. The third-order valence-electron chi connectivity index (χ3n) is 3.17. The molecule has 1 aromatic rings. The summed E-state index contributed by atoms with van der Waals surface area (Å²) in [5.74, 6) is 0.427. The molecule has 0 aromatic heterocycles. The fourth-order valence-electron chi connectivity index (χ4n) is 2.23. The molecule has 0 radical (unpaired) electrons. The van der Waals surface area contributed by atoms with Gasteiger partial charge in [0.05, 0.1) is 0 Å². The first kappa shape index (κ1) is 14.2. The van der Waals surface area contributed by atoms with Crippen molar-refractivity contribution in [2.24, 2.45) is 0 Å². The first-order valence-corrected chi connectivity index (χ1v) is 6.58. The van der Waals surface area contributed by atoms with Gasteiger partial charge in [0.1, 0.15) is 5.75 Å². The van der Waals surface area contributed by atoms with Crippen LogP contribution in [0.15, 0.2) is 24.3 Å². The Balaban J connectivity index is 1.80. The molecule has 2 amide bonds. The predicted octanol–water partition coefficient (Wildman–Crippen LogP) is 0.385. The van der Waals surface area contributed by atoms with Gasteiger partial charge in [0.2, 0.25) is 5.91 Å². The van der Waals surface area contributed by atoms with Crippen LogP contribution in [0.2, 0.25) is 0 Å². The van der Waals surface area contributed by atoms with Crippen LogP contribution in [-0.4, -0.2) is 42.5 Å². The Morgan fingerprint density at radius 2 is 2.30 bits per heavy atom. The topological polar surface area (TPSA) is 84.7 Å². The molecule has 1 aromatic carbocycles. The molecule has 1 fully saturated rings. The van der Waals surface area contributed by atoms with Gasteiger partial charge in [-0.05, 0) is 18.6 Å². The Morgan fingerprint density at radius 3 is 3.00 bits per heavy atom. The van der Waals surface area contributed by atoms with Crippen LogP contribution >= 0.6 is 0 Å². The number of benzene rings is 1. The third kappa shape index (κ3) is 3.88. The molecular formula is C14H19N3O3. The number of nitrogens with one attached hydrogen (secondary N) is 1. The summed E-state index contributed by atoms with van der Waals surface area (Å²) < 4.78 is 5.42. The fourth-order valence-corrected chi connectivity index (χ4v) is 2.23. The van der Waals surface area contributed by atoms with Crippen LogP contribution in [0.25, 0.3) is 0 Å².